The van der Waals surface area contributed by atoms with E-state index in [2.05, 4.69) is 9.72 Å². The SMILES string of the molecule is COC(=O)c1c(C)[nH]c(C(=O)[C@H](C)Cl)c1C. The van der Waals surface area contributed by atoms with E-state index in [-0.39, 0.29) is 5.78 Å². The van der Waals surface area contributed by atoms with E-state index < -0.39 is 11.3 Å². The average molecular weight is 244 g/mol. The Morgan fingerprint density at radius 2 is 1.94 bits per heavy atom. The Morgan fingerprint density at radius 3 is 2.38 bits per heavy atom. The van der Waals surface area contributed by atoms with Crippen LogP contribution in [0.5, 0.6) is 0 Å². The molecule has 0 aliphatic heterocycles. The largest absolute Gasteiger partial charge is 0.465 e. The molecule has 1 aromatic heterocycles. The second-order valence-corrected chi connectivity index (χ2v) is 4.25. The summed E-state index contributed by atoms with van der Waals surface area (Å²) in [7, 11) is 1.31. The third-order valence-electron chi connectivity index (χ3n) is 2.43. The van der Waals surface area contributed by atoms with Crippen LogP contribution in [-0.4, -0.2) is 29.2 Å². The number of alkyl halides is 1. The average Bonchev–Trinajstić information content (AvgIpc) is 2.52. The van der Waals surface area contributed by atoms with Gasteiger partial charge in [-0.3, -0.25) is 4.79 Å². The number of aryl methyl sites for hydroxylation is 1. The summed E-state index contributed by atoms with van der Waals surface area (Å²) < 4.78 is 4.65. The van der Waals surface area contributed by atoms with Gasteiger partial charge in [-0.1, -0.05) is 0 Å². The fourth-order valence-electron chi connectivity index (χ4n) is 1.60. The van der Waals surface area contributed by atoms with Crippen molar-refractivity contribution in [2.45, 2.75) is 26.1 Å². The maximum atomic E-state index is 11.7. The van der Waals surface area contributed by atoms with Crippen LogP contribution in [-0.2, 0) is 4.74 Å². The number of H-pyrrole nitrogens is 1. The normalized spacial score (nSPS) is 12.3. The number of halogens is 1. The lowest BCUT2D eigenvalue weighted by Crippen LogP contribution is -2.12. The van der Waals surface area contributed by atoms with Gasteiger partial charge in [-0.15, -0.1) is 11.6 Å². The van der Waals surface area contributed by atoms with Gasteiger partial charge < -0.3 is 9.72 Å². The predicted molar refractivity (Wildman–Crippen MR) is 61.3 cm³/mol. The summed E-state index contributed by atoms with van der Waals surface area (Å²) >= 11 is 5.72. The zero-order chi connectivity index (χ0) is 12.5. The Kier molecular flexibility index (Phi) is 3.75. The summed E-state index contributed by atoms with van der Waals surface area (Å²) in [6.45, 7) is 5.01. The smallest absolute Gasteiger partial charge is 0.339 e. The van der Waals surface area contributed by atoms with Gasteiger partial charge in [-0.05, 0) is 26.3 Å². The van der Waals surface area contributed by atoms with Gasteiger partial charge in [0, 0.05) is 5.69 Å². The monoisotopic (exact) mass is 243 g/mol. The Labute approximate surface area is 98.9 Å². The molecule has 1 atom stereocenters. The van der Waals surface area contributed by atoms with Crippen molar-refractivity contribution in [3.63, 3.8) is 0 Å². The molecule has 16 heavy (non-hydrogen) atoms. The van der Waals surface area contributed by atoms with Crippen molar-refractivity contribution < 1.29 is 14.3 Å². The number of methoxy groups -OCH3 is 1. The van der Waals surface area contributed by atoms with Crippen LogP contribution in [0.15, 0.2) is 0 Å². The van der Waals surface area contributed by atoms with E-state index in [9.17, 15) is 9.59 Å². The molecule has 1 N–H and O–H groups in total. The highest BCUT2D eigenvalue weighted by atomic mass is 35.5. The van der Waals surface area contributed by atoms with Crippen LogP contribution in [0.1, 0.15) is 39.0 Å². The van der Waals surface area contributed by atoms with Gasteiger partial charge in [0.05, 0.1) is 23.7 Å². The molecule has 0 amide bonds. The first-order valence-electron chi connectivity index (χ1n) is 4.85. The minimum atomic E-state index is -0.623. The predicted octanol–water partition coefficient (Wildman–Crippen LogP) is 2.23. The molecule has 0 saturated heterocycles. The number of aromatic nitrogens is 1. The van der Waals surface area contributed by atoms with Crippen molar-refractivity contribution in [1.82, 2.24) is 4.98 Å². The summed E-state index contributed by atoms with van der Waals surface area (Å²) in [5.74, 6) is -0.676. The number of ether oxygens (including phenoxy) is 1. The molecular weight excluding hydrogens is 230 g/mol. The minimum absolute atomic E-state index is 0.225. The first-order valence-corrected chi connectivity index (χ1v) is 5.29. The first-order chi connectivity index (χ1) is 7.40. The van der Waals surface area contributed by atoms with E-state index in [1.807, 2.05) is 0 Å². The van der Waals surface area contributed by atoms with E-state index in [1.165, 1.54) is 7.11 Å². The molecule has 0 aliphatic rings. The number of hydrogen-bond acceptors (Lipinski definition) is 3. The third kappa shape index (κ3) is 2.11. The van der Waals surface area contributed by atoms with Crippen molar-refractivity contribution >= 4 is 23.4 Å². The number of nitrogens with one attached hydrogen (secondary N) is 1. The number of hydrogen-bond donors (Lipinski definition) is 1. The first kappa shape index (κ1) is 12.8. The minimum Gasteiger partial charge on any atom is -0.465 e. The van der Waals surface area contributed by atoms with Crippen LogP contribution in [0.25, 0.3) is 0 Å². The summed E-state index contributed by atoms with van der Waals surface area (Å²) in [6.07, 6.45) is 0. The fourth-order valence-corrected chi connectivity index (χ4v) is 1.71. The quantitative estimate of drug-likeness (QED) is 0.503. The van der Waals surface area contributed by atoms with E-state index in [1.54, 1.807) is 20.8 Å². The topological polar surface area (TPSA) is 59.2 Å². The van der Waals surface area contributed by atoms with Gasteiger partial charge in [-0.2, -0.15) is 0 Å². The number of Topliss-reactive ketones (excluding diaryl/α,β-unsaturated/α-hetero) is 1. The number of ketones is 1. The summed E-state index contributed by atoms with van der Waals surface area (Å²) in [6, 6.07) is 0. The number of aromatic amines is 1. The molecule has 0 bridgehead atoms. The maximum Gasteiger partial charge on any atom is 0.339 e. The van der Waals surface area contributed by atoms with Crippen molar-refractivity contribution in [1.29, 1.82) is 0 Å². The van der Waals surface area contributed by atoms with Crippen molar-refractivity contribution in [2.24, 2.45) is 0 Å². The van der Waals surface area contributed by atoms with Crippen molar-refractivity contribution in [3.05, 3.63) is 22.5 Å². The summed E-state index contributed by atoms with van der Waals surface area (Å²) in [4.78, 5) is 26.1. The fraction of sp³-hybridized carbons (Fsp3) is 0.455. The van der Waals surface area contributed by atoms with Gasteiger partial charge in [-0.25, -0.2) is 4.79 Å². The lowest BCUT2D eigenvalue weighted by atomic mass is 10.1. The van der Waals surface area contributed by atoms with Gasteiger partial charge in [0.2, 0.25) is 0 Å². The summed E-state index contributed by atoms with van der Waals surface area (Å²) in [5.41, 5.74) is 1.98. The Balaban J connectivity index is 3.27. The number of carbonyl (C=O) groups is 2. The molecule has 0 spiro atoms. The zero-order valence-corrected chi connectivity index (χ0v) is 10.4. The van der Waals surface area contributed by atoms with Crippen LogP contribution in [0.4, 0.5) is 0 Å². The Morgan fingerprint density at radius 1 is 1.38 bits per heavy atom. The van der Waals surface area contributed by atoms with E-state index in [0.29, 0.717) is 22.5 Å². The van der Waals surface area contributed by atoms with Gasteiger partial charge >= 0.3 is 5.97 Å². The Hall–Kier alpha value is -1.29. The molecule has 0 aliphatic carbocycles. The van der Waals surface area contributed by atoms with Gasteiger partial charge in [0.15, 0.2) is 5.78 Å². The second kappa shape index (κ2) is 4.70. The maximum absolute atomic E-state index is 11.7. The van der Waals surface area contributed by atoms with E-state index >= 15 is 0 Å². The van der Waals surface area contributed by atoms with Crippen LogP contribution in [0.2, 0.25) is 0 Å². The third-order valence-corrected chi connectivity index (χ3v) is 2.63. The highest BCUT2D eigenvalue weighted by molar-refractivity contribution is 6.33. The zero-order valence-electron chi connectivity index (χ0n) is 9.68. The molecule has 88 valence electrons. The Bertz CT molecular complexity index is 435. The van der Waals surface area contributed by atoms with Crippen molar-refractivity contribution in [3.8, 4) is 0 Å². The molecule has 1 aromatic rings. The molecule has 1 heterocycles. The van der Waals surface area contributed by atoms with Crippen LogP contribution in [0.3, 0.4) is 0 Å². The molecule has 1 rings (SSSR count). The van der Waals surface area contributed by atoms with Gasteiger partial charge in [0.25, 0.3) is 0 Å². The molecule has 4 nitrogen and oxygen atoms in total. The standard InChI is InChI=1S/C11H14ClNO3/c1-5-8(11(15)16-4)7(3)13-9(5)10(14)6(2)12/h6,13H,1-4H3/t6-/m0/s1. The van der Waals surface area contributed by atoms with E-state index in [4.69, 9.17) is 11.6 Å². The lowest BCUT2D eigenvalue weighted by molar-refractivity contribution is 0.0599. The molecule has 0 saturated carbocycles. The number of rotatable bonds is 3. The highest BCUT2D eigenvalue weighted by Crippen LogP contribution is 2.21. The molecule has 5 heteroatoms. The second-order valence-electron chi connectivity index (χ2n) is 3.60. The lowest BCUT2D eigenvalue weighted by Gasteiger charge is -2.02. The molecular formula is C11H14ClNO3. The highest BCUT2D eigenvalue weighted by Gasteiger charge is 2.24. The number of carbonyl (C=O) groups excluding carboxylic acids is 2. The molecule has 0 fully saturated rings. The summed E-state index contributed by atoms with van der Waals surface area (Å²) in [5, 5.41) is -0.623. The molecule has 0 radical (unpaired) electrons. The number of esters is 1. The van der Waals surface area contributed by atoms with E-state index in [0.717, 1.165) is 0 Å². The van der Waals surface area contributed by atoms with Crippen LogP contribution in [0, 0.1) is 13.8 Å². The van der Waals surface area contributed by atoms with Gasteiger partial charge in [0.1, 0.15) is 0 Å². The van der Waals surface area contributed by atoms with Crippen LogP contribution < -0.4 is 0 Å². The molecule has 0 unspecified atom stereocenters. The van der Waals surface area contributed by atoms with Crippen LogP contribution >= 0.6 is 11.6 Å². The molecule has 0 aromatic carbocycles. The van der Waals surface area contributed by atoms with Crippen molar-refractivity contribution in [2.75, 3.05) is 7.11 Å².